The van der Waals surface area contributed by atoms with Crippen molar-refractivity contribution in [2.75, 3.05) is 19.1 Å². The maximum absolute atomic E-state index is 5.80. The number of aryl methyl sites for hydroxylation is 1. The average Bonchev–Trinajstić information content (AvgIpc) is 2.88. The topological polar surface area (TPSA) is 18.5 Å². The fourth-order valence-electron chi connectivity index (χ4n) is 1.95. The van der Waals surface area contributed by atoms with Crippen LogP contribution in [0.15, 0.2) is 18.2 Å². The molecule has 1 unspecified atom stereocenters. The summed E-state index contributed by atoms with van der Waals surface area (Å²) in [6.07, 6.45) is 2.43. The summed E-state index contributed by atoms with van der Waals surface area (Å²) in [7, 11) is 0. The Hall–Kier alpha value is -1.17. The first-order valence-electron chi connectivity index (χ1n) is 6.19. The number of alkyl halides is 1. The third-order valence-electron chi connectivity index (χ3n) is 2.87. The van der Waals surface area contributed by atoms with Crippen LogP contribution in [0.3, 0.4) is 0 Å². The zero-order valence-corrected chi connectivity index (χ0v) is 11.3. The lowest BCUT2D eigenvalue weighted by molar-refractivity contribution is 0.0678. The van der Waals surface area contributed by atoms with E-state index >= 15 is 0 Å². The van der Waals surface area contributed by atoms with Gasteiger partial charge in [0.2, 0.25) is 0 Å². The maximum atomic E-state index is 5.80. The van der Waals surface area contributed by atoms with Gasteiger partial charge >= 0.3 is 0 Å². The molecule has 1 atom stereocenters. The Morgan fingerprint density at radius 3 is 3.11 bits per heavy atom. The van der Waals surface area contributed by atoms with Crippen molar-refractivity contribution in [2.45, 2.75) is 25.9 Å². The zero-order valence-electron chi connectivity index (χ0n) is 10.5. The molecule has 0 spiro atoms. The van der Waals surface area contributed by atoms with Crippen molar-refractivity contribution < 1.29 is 9.47 Å². The van der Waals surface area contributed by atoms with Crippen LogP contribution in [0.5, 0.6) is 5.75 Å². The molecule has 1 fully saturated rings. The third-order valence-corrected chi connectivity index (χ3v) is 3.01. The molecule has 1 saturated heterocycles. The molecular formula is C15H17ClO2. The Bertz CT molecular complexity index is 453. The summed E-state index contributed by atoms with van der Waals surface area (Å²) in [6, 6.07) is 6.00. The summed E-state index contributed by atoms with van der Waals surface area (Å²) in [6.45, 7) is 3.48. The molecule has 3 heteroatoms. The van der Waals surface area contributed by atoms with Crippen molar-refractivity contribution in [3.8, 4) is 17.6 Å². The molecule has 0 saturated carbocycles. The van der Waals surface area contributed by atoms with Crippen molar-refractivity contribution in [1.82, 2.24) is 0 Å². The number of ether oxygens (including phenoxy) is 2. The van der Waals surface area contributed by atoms with Crippen molar-refractivity contribution in [2.24, 2.45) is 0 Å². The fourth-order valence-corrected chi connectivity index (χ4v) is 2.02. The molecule has 1 heterocycles. The Morgan fingerprint density at radius 2 is 2.39 bits per heavy atom. The predicted octanol–water partition coefficient (Wildman–Crippen LogP) is 3.14. The number of hydrogen-bond donors (Lipinski definition) is 0. The lowest BCUT2D eigenvalue weighted by Gasteiger charge is -2.13. The van der Waals surface area contributed by atoms with Gasteiger partial charge in [-0.25, -0.2) is 0 Å². The minimum Gasteiger partial charge on any atom is -0.490 e. The molecule has 2 rings (SSSR count). The van der Waals surface area contributed by atoms with Crippen LogP contribution in [0.1, 0.15) is 24.0 Å². The van der Waals surface area contributed by atoms with E-state index < -0.39 is 0 Å². The fraction of sp³-hybridized carbons (Fsp3) is 0.467. The standard InChI is InChI=1S/C15H17ClO2/c1-12-6-7-15(13(10-12)4-2-8-16)18-11-14-5-3-9-17-14/h6-7,10,14H,3,5,8-9,11H2,1H3. The summed E-state index contributed by atoms with van der Waals surface area (Å²) in [5, 5.41) is 0. The second kappa shape index (κ2) is 6.68. The van der Waals surface area contributed by atoms with Gasteiger partial charge in [0.05, 0.1) is 17.5 Å². The van der Waals surface area contributed by atoms with E-state index in [2.05, 4.69) is 11.8 Å². The Balaban J connectivity index is 2.05. The molecule has 1 aromatic rings. The van der Waals surface area contributed by atoms with Crippen molar-refractivity contribution in [3.05, 3.63) is 29.3 Å². The smallest absolute Gasteiger partial charge is 0.135 e. The predicted molar refractivity (Wildman–Crippen MR) is 73.2 cm³/mol. The Morgan fingerprint density at radius 1 is 1.50 bits per heavy atom. The number of benzene rings is 1. The molecule has 96 valence electrons. The molecule has 0 amide bonds. The van der Waals surface area contributed by atoms with Gasteiger partial charge in [0.25, 0.3) is 0 Å². The molecule has 0 N–H and O–H groups in total. The highest BCUT2D eigenvalue weighted by atomic mass is 35.5. The summed E-state index contributed by atoms with van der Waals surface area (Å²) in [5.74, 6) is 7.04. The highest BCUT2D eigenvalue weighted by Crippen LogP contribution is 2.21. The number of rotatable bonds is 3. The molecule has 1 aromatic carbocycles. The first kappa shape index (κ1) is 13.3. The van der Waals surface area contributed by atoms with E-state index in [4.69, 9.17) is 21.1 Å². The van der Waals surface area contributed by atoms with Crippen molar-refractivity contribution >= 4 is 11.6 Å². The first-order chi connectivity index (χ1) is 8.79. The molecule has 1 aliphatic rings. The molecule has 0 radical (unpaired) electrons. The van der Waals surface area contributed by atoms with E-state index in [0.29, 0.717) is 12.5 Å². The van der Waals surface area contributed by atoms with Gasteiger partial charge in [0, 0.05) is 6.61 Å². The monoisotopic (exact) mass is 264 g/mol. The lowest BCUT2D eigenvalue weighted by atomic mass is 10.1. The van der Waals surface area contributed by atoms with Crippen LogP contribution in [0, 0.1) is 18.8 Å². The highest BCUT2D eigenvalue weighted by molar-refractivity contribution is 6.19. The van der Waals surface area contributed by atoms with E-state index in [9.17, 15) is 0 Å². The zero-order chi connectivity index (χ0) is 12.8. The van der Waals surface area contributed by atoms with Crippen LogP contribution in [-0.4, -0.2) is 25.2 Å². The summed E-state index contributed by atoms with van der Waals surface area (Å²) in [5.41, 5.74) is 2.06. The van der Waals surface area contributed by atoms with Gasteiger partial charge in [-0.3, -0.25) is 0 Å². The second-order valence-corrected chi connectivity index (χ2v) is 4.65. The normalized spacial score (nSPS) is 18.2. The van der Waals surface area contributed by atoms with E-state index in [1.807, 2.05) is 25.1 Å². The minimum atomic E-state index is 0.222. The van der Waals surface area contributed by atoms with E-state index in [0.717, 1.165) is 30.8 Å². The SMILES string of the molecule is Cc1ccc(OCC2CCCO2)c(C#CCCl)c1. The van der Waals surface area contributed by atoms with Gasteiger partial charge in [-0.05, 0) is 37.5 Å². The van der Waals surface area contributed by atoms with Crippen LogP contribution in [0.4, 0.5) is 0 Å². The second-order valence-electron chi connectivity index (χ2n) is 4.38. The summed E-state index contributed by atoms with van der Waals surface area (Å²) in [4.78, 5) is 0. The molecular weight excluding hydrogens is 248 g/mol. The number of halogens is 1. The highest BCUT2D eigenvalue weighted by Gasteiger charge is 2.16. The van der Waals surface area contributed by atoms with Crippen molar-refractivity contribution in [1.29, 1.82) is 0 Å². The van der Waals surface area contributed by atoms with E-state index in [1.54, 1.807) is 0 Å². The van der Waals surface area contributed by atoms with Crippen molar-refractivity contribution in [3.63, 3.8) is 0 Å². The van der Waals surface area contributed by atoms with Gasteiger partial charge in [0.15, 0.2) is 0 Å². The minimum absolute atomic E-state index is 0.222. The lowest BCUT2D eigenvalue weighted by Crippen LogP contribution is -2.16. The molecule has 0 aromatic heterocycles. The molecule has 1 aliphatic heterocycles. The van der Waals surface area contributed by atoms with E-state index in [-0.39, 0.29) is 6.10 Å². The quantitative estimate of drug-likeness (QED) is 0.617. The van der Waals surface area contributed by atoms with Gasteiger partial charge in [-0.2, -0.15) is 0 Å². The Labute approximate surface area is 113 Å². The van der Waals surface area contributed by atoms with Gasteiger partial charge < -0.3 is 9.47 Å². The third kappa shape index (κ3) is 3.66. The summed E-state index contributed by atoms with van der Waals surface area (Å²) >= 11 is 5.59. The molecule has 0 bridgehead atoms. The molecule has 18 heavy (non-hydrogen) atoms. The van der Waals surface area contributed by atoms with Crippen LogP contribution < -0.4 is 4.74 Å². The molecule has 0 aliphatic carbocycles. The van der Waals surface area contributed by atoms with E-state index in [1.165, 1.54) is 5.56 Å². The van der Waals surface area contributed by atoms with Crippen LogP contribution in [0.25, 0.3) is 0 Å². The number of hydrogen-bond acceptors (Lipinski definition) is 2. The maximum Gasteiger partial charge on any atom is 0.135 e. The van der Waals surface area contributed by atoms with Gasteiger partial charge in [-0.15, -0.1) is 11.6 Å². The first-order valence-corrected chi connectivity index (χ1v) is 6.73. The van der Waals surface area contributed by atoms with Crippen LogP contribution in [-0.2, 0) is 4.74 Å². The van der Waals surface area contributed by atoms with Crippen LogP contribution >= 0.6 is 11.6 Å². The van der Waals surface area contributed by atoms with Gasteiger partial charge in [0.1, 0.15) is 12.4 Å². The molecule has 2 nitrogen and oxygen atoms in total. The van der Waals surface area contributed by atoms with Gasteiger partial charge in [-0.1, -0.05) is 17.9 Å². The average molecular weight is 265 g/mol. The Kier molecular flexibility index (Phi) is 4.92. The van der Waals surface area contributed by atoms with Crippen LogP contribution in [0.2, 0.25) is 0 Å². The summed E-state index contributed by atoms with van der Waals surface area (Å²) < 4.78 is 11.3. The largest absolute Gasteiger partial charge is 0.490 e.